The molecule has 90 valence electrons. The van der Waals surface area contributed by atoms with Crippen LogP contribution in [0.1, 0.15) is 45.4 Å². The van der Waals surface area contributed by atoms with Crippen molar-refractivity contribution in [3.05, 3.63) is 0 Å². The van der Waals surface area contributed by atoms with Crippen molar-refractivity contribution in [3.8, 4) is 0 Å². The van der Waals surface area contributed by atoms with Gasteiger partial charge >= 0.3 is 5.97 Å². The van der Waals surface area contributed by atoms with E-state index in [0.717, 1.165) is 12.8 Å². The highest BCUT2D eigenvalue weighted by atomic mass is 16.4. The minimum absolute atomic E-state index is 0.0181. The average Bonchev–Trinajstić information content (AvgIpc) is 2.23. The van der Waals surface area contributed by atoms with Crippen LogP contribution in [0.4, 0.5) is 0 Å². The summed E-state index contributed by atoms with van der Waals surface area (Å²) < 4.78 is 0. The lowest BCUT2D eigenvalue weighted by Crippen LogP contribution is -2.31. The molecule has 1 N–H and O–H groups in total. The van der Waals surface area contributed by atoms with Gasteiger partial charge in [0, 0.05) is 24.7 Å². The van der Waals surface area contributed by atoms with Gasteiger partial charge in [-0.3, -0.25) is 14.4 Å². The van der Waals surface area contributed by atoms with Gasteiger partial charge in [-0.1, -0.05) is 13.3 Å². The summed E-state index contributed by atoms with van der Waals surface area (Å²) in [5.41, 5.74) is 0. The molecule has 4 heteroatoms. The summed E-state index contributed by atoms with van der Waals surface area (Å²) in [6, 6.07) is 0. The molecular formula is C12H18O4. The molecule has 2 atom stereocenters. The second kappa shape index (κ2) is 5.77. The van der Waals surface area contributed by atoms with Gasteiger partial charge in [-0.15, -0.1) is 0 Å². The lowest BCUT2D eigenvalue weighted by Gasteiger charge is -2.26. The Labute approximate surface area is 95.0 Å². The van der Waals surface area contributed by atoms with E-state index in [9.17, 15) is 14.4 Å². The maximum Gasteiger partial charge on any atom is 0.304 e. The molecule has 2 unspecified atom stereocenters. The molecular weight excluding hydrogens is 208 g/mol. The molecule has 0 radical (unpaired) electrons. The third-order valence-electron chi connectivity index (χ3n) is 3.20. The van der Waals surface area contributed by atoms with Gasteiger partial charge in [0.2, 0.25) is 0 Å². The number of Topliss-reactive ketones (excluding diaryl/α,β-unsaturated/α-hetero) is 2. The Morgan fingerprint density at radius 3 is 2.31 bits per heavy atom. The number of hydrogen-bond donors (Lipinski definition) is 1. The van der Waals surface area contributed by atoms with Crippen molar-refractivity contribution in [2.24, 2.45) is 11.8 Å². The van der Waals surface area contributed by atoms with Gasteiger partial charge in [0.25, 0.3) is 0 Å². The zero-order valence-electron chi connectivity index (χ0n) is 9.57. The Morgan fingerprint density at radius 2 is 1.81 bits per heavy atom. The van der Waals surface area contributed by atoms with Gasteiger partial charge < -0.3 is 5.11 Å². The molecule has 0 aromatic rings. The second-order valence-electron chi connectivity index (χ2n) is 4.42. The minimum atomic E-state index is -0.930. The average molecular weight is 226 g/mol. The Bertz CT molecular complexity index is 295. The van der Waals surface area contributed by atoms with Gasteiger partial charge in [0.1, 0.15) is 11.6 Å². The summed E-state index contributed by atoms with van der Waals surface area (Å²) in [4.78, 5) is 33.8. The van der Waals surface area contributed by atoms with Crippen LogP contribution in [0.15, 0.2) is 0 Å². The van der Waals surface area contributed by atoms with Crippen LogP contribution >= 0.6 is 0 Å². The van der Waals surface area contributed by atoms with E-state index in [4.69, 9.17) is 5.11 Å². The van der Waals surface area contributed by atoms with E-state index in [1.54, 1.807) is 6.92 Å². The lowest BCUT2D eigenvalue weighted by atomic mass is 9.76. The SMILES string of the molecule is CCC(=O)CC1CCCC(CC(=O)O)C1=O. The fraction of sp³-hybridized carbons (Fsp3) is 0.750. The number of carboxylic acids is 1. The summed E-state index contributed by atoms with van der Waals surface area (Å²) in [5, 5.41) is 8.68. The lowest BCUT2D eigenvalue weighted by molar-refractivity contribution is -0.143. The third kappa shape index (κ3) is 3.43. The van der Waals surface area contributed by atoms with Crippen LogP contribution in [0.5, 0.6) is 0 Å². The van der Waals surface area contributed by atoms with E-state index < -0.39 is 5.97 Å². The number of carboxylic acid groups (broad SMARTS) is 1. The van der Waals surface area contributed by atoms with Gasteiger partial charge in [0.15, 0.2) is 0 Å². The molecule has 1 rings (SSSR count). The Kier molecular flexibility index (Phi) is 4.65. The number of rotatable bonds is 5. The highest BCUT2D eigenvalue weighted by molar-refractivity contribution is 5.91. The topological polar surface area (TPSA) is 71.4 Å². The van der Waals surface area contributed by atoms with Crippen LogP contribution < -0.4 is 0 Å². The Balaban J connectivity index is 2.56. The van der Waals surface area contributed by atoms with Gasteiger partial charge in [0.05, 0.1) is 6.42 Å². The number of aliphatic carboxylic acids is 1. The first kappa shape index (κ1) is 12.9. The van der Waals surface area contributed by atoms with Crippen molar-refractivity contribution in [3.63, 3.8) is 0 Å². The number of carbonyl (C=O) groups is 3. The van der Waals surface area contributed by atoms with E-state index in [1.807, 2.05) is 0 Å². The standard InChI is InChI=1S/C12H18O4/c1-2-10(13)6-8-4-3-5-9(12(8)16)7-11(14)15/h8-9H,2-7H2,1H3,(H,14,15). The third-order valence-corrected chi connectivity index (χ3v) is 3.20. The smallest absolute Gasteiger partial charge is 0.304 e. The summed E-state index contributed by atoms with van der Waals surface area (Å²) in [7, 11) is 0. The van der Waals surface area contributed by atoms with Crippen molar-refractivity contribution in [2.45, 2.75) is 45.4 Å². The molecule has 0 spiro atoms. The minimum Gasteiger partial charge on any atom is -0.481 e. The number of hydrogen-bond acceptors (Lipinski definition) is 3. The van der Waals surface area contributed by atoms with Crippen molar-refractivity contribution in [2.75, 3.05) is 0 Å². The molecule has 4 nitrogen and oxygen atoms in total. The number of carbonyl (C=O) groups excluding carboxylic acids is 2. The van der Waals surface area contributed by atoms with Crippen LogP contribution in [0.3, 0.4) is 0 Å². The Hall–Kier alpha value is -1.19. The zero-order chi connectivity index (χ0) is 12.1. The fourth-order valence-electron chi connectivity index (χ4n) is 2.26. The normalized spacial score (nSPS) is 25.4. The largest absolute Gasteiger partial charge is 0.481 e. The highest BCUT2D eigenvalue weighted by Gasteiger charge is 2.33. The number of ketones is 2. The molecule has 1 aliphatic carbocycles. The molecule has 0 aromatic heterocycles. The van der Waals surface area contributed by atoms with E-state index in [2.05, 4.69) is 0 Å². The first-order chi connectivity index (χ1) is 7.54. The molecule has 0 aliphatic heterocycles. The molecule has 1 aliphatic rings. The van der Waals surface area contributed by atoms with Gasteiger partial charge in [-0.25, -0.2) is 0 Å². The first-order valence-corrected chi connectivity index (χ1v) is 5.81. The highest BCUT2D eigenvalue weighted by Crippen LogP contribution is 2.30. The van der Waals surface area contributed by atoms with Crippen LogP contribution in [0.2, 0.25) is 0 Å². The molecule has 0 amide bonds. The molecule has 16 heavy (non-hydrogen) atoms. The molecule has 1 fully saturated rings. The molecule has 0 heterocycles. The summed E-state index contributed by atoms with van der Waals surface area (Å²) in [6.07, 6.45) is 2.91. The summed E-state index contributed by atoms with van der Waals surface area (Å²) in [5.74, 6) is -1.46. The predicted molar refractivity (Wildman–Crippen MR) is 58.0 cm³/mol. The van der Waals surface area contributed by atoms with Crippen molar-refractivity contribution in [1.82, 2.24) is 0 Å². The van der Waals surface area contributed by atoms with E-state index >= 15 is 0 Å². The fourth-order valence-corrected chi connectivity index (χ4v) is 2.26. The van der Waals surface area contributed by atoms with Gasteiger partial charge in [-0.2, -0.15) is 0 Å². The predicted octanol–water partition coefficient (Wildman–Crippen LogP) is 1.82. The maximum absolute atomic E-state index is 11.9. The second-order valence-corrected chi connectivity index (χ2v) is 4.42. The van der Waals surface area contributed by atoms with Crippen LogP contribution in [0.25, 0.3) is 0 Å². The first-order valence-electron chi connectivity index (χ1n) is 5.81. The van der Waals surface area contributed by atoms with E-state index in [-0.39, 0.29) is 29.8 Å². The Morgan fingerprint density at radius 1 is 1.25 bits per heavy atom. The summed E-state index contributed by atoms with van der Waals surface area (Å²) in [6.45, 7) is 1.78. The van der Waals surface area contributed by atoms with Crippen molar-refractivity contribution >= 4 is 17.5 Å². The van der Waals surface area contributed by atoms with Crippen molar-refractivity contribution < 1.29 is 19.5 Å². The maximum atomic E-state index is 11.9. The van der Waals surface area contributed by atoms with E-state index in [1.165, 1.54) is 0 Å². The van der Waals surface area contributed by atoms with Crippen molar-refractivity contribution in [1.29, 1.82) is 0 Å². The summed E-state index contributed by atoms with van der Waals surface area (Å²) >= 11 is 0. The van der Waals surface area contributed by atoms with Crippen LogP contribution in [-0.4, -0.2) is 22.6 Å². The quantitative estimate of drug-likeness (QED) is 0.776. The molecule has 0 bridgehead atoms. The monoisotopic (exact) mass is 226 g/mol. The van der Waals surface area contributed by atoms with Crippen LogP contribution in [-0.2, 0) is 14.4 Å². The molecule has 1 saturated carbocycles. The van der Waals surface area contributed by atoms with Crippen LogP contribution in [0, 0.1) is 11.8 Å². The molecule has 0 saturated heterocycles. The van der Waals surface area contributed by atoms with Gasteiger partial charge in [-0.05, 0) is 12.8 Å². The molecule has 0 aromatic carbocycles. The zero-order valence-corrected chi connectivity index (χ0v) is 9.57. The van der Waals surface area contributed by atoms with E-state index in [0.29, 0.717) is 19.3 Å².